The second kappa shape index (κ2) is 8.86. The predicted molar refractivity (Wildman–Crippen MR) is 127 cm³/mol. The van der Waals surface area contributed by atoms with E-state index < -0.39 is 0 Å². The summed E-state index contributed by atoms with van der Waals surface area (Å²) in [5, 5.41) is 0. The van der Waals surface area contributed by atoms with Crippen molar-refractivity contribution in [1.82, 2.24) is 0 Å². The van der Waals surface area contributed by atoms with Crippen molar-refractivity contribution in [3.05, 3.63) is 0 Å². The molecule has 4 saturated carbocycles. The molecule has 0 nitrogen and oxygen atoms in total. The van der Waals surface area contributed by atoms with Gasteiger partial charge in [0.25, 0.3) is 0 Å². The van der Waals surface area contributed by atoms with Gasteiger partial charge >= 0.3 is 0 Å². The van der Waals surface area contributed by atoms with Gasteiger partial charge in [-0.2, -0.15) is 0 Å². The monoisotopic (exact) mass is 400 g/mol. The summed E-state index contributed by atoms with van der Waals surface area (Å²) in [5.41, 5.74) is 1.86. The van der Waals surface area contributed by atoms with Crippen molar-refractivity contribution in [1.29, 1.82) is 0 Å². The lowest BCUT2D eigenvalue weighted by atomic mass is 9.46. The van der Waals surface area contributed by atoms with Crippen LogP contribution in [0.4, 0.5) is 0 Å². The highest BCUT2D eigenvalue weighted by Crippen LogP contribution is 2.63. The zero-order valence-corrected chi connectivity index (χ0v) is 20.5. The molecule has 0 heterocycles. The fourth-order valence-electron chi connectivity index (χ4n) is 9.33. The summed E-state index contributed by atoms with van der Waals surface area (Å²) in [6.07, 6.45) is 27.3. The second-order valence-electron chi connectivity index (χ2n) is 13.2. The lowest BCUT2D eigenvalue weighted by molar-refractivity contribution is -0.0971. The molecule has 4 aliphatic rings. The zero-order valence-electron chi connectivity index (χ0n) is 20.5. The largest absolute Gasteiger partial charge is 0.0620 e. The molecule has 29 heavy (non-hydrogen) atoms. The van der Waals surface area contributed by atoms with E-state index in [0.29, 0.717) is 16.2 Å². The summed E-state index contributed by atoms with van der Waals surface area (Å²) in [6.45, 7) is 10.9. The van der Waals surface area contributed by atoms with Crippen molar-refractivity contribution in [2.24, 2.45) is 39.9 Å². The first-order chi connectivity index (χ1) is 13.9. The molecule has 5 atom stereocenters. The minimum absolute atomic E-state index is 0.617. The standard InChI is InChI=1S/C29H52/c1-23(27(2)17-9-5-10-18-27)22-26(28(3)19-11-6-12-20-28)29(4)21-13-15-24-14-7-8-16-25(24)29/h23-26H,5-22H2,1-4H3. The summed E-state index contributed by atoms with van der Waals surface area (Å²) < 4.78 is 0. The maximum atomic E-state index is 2.82. The maximum Gasteiger partial charge on any atom is -0.0261 e. The van der Waals surface area contributed by atoms with Gasteiger partial charge < -0.3 is 0 Å². The van der Waals surface area contributed by atoms with Crippen molar-refractivity contribution < 1.29 is 0 Å². The molecule has 4 aliphatic carbocycles. The van der Waals surface area contributed by atoms with Crippen LogP contribution in [-0.4, -0.2) is 0 Å². The quantitative estimate of drug-likeness (QED) is 0.431. The summed E-state index contributed by atoms with van der Waals surface area (Å²) >= 11 is 0. The van der Waals surface area contributed by atoms with E-state index >= 15 is 0 Å². The van der Waals surface area contributed by atoms with E-state index in [1.54, 1.807) is 19.3 Å². The second-order valence-corrected chi connectivity index (χ2v) is 13.2. The summed E-state index contributed by atoms with van der Waals surface area (Å²) in [4.78, 5) is 0. The molecule has 4 rings (SSSR count). The van der Waals surface area contributed by atoms with Gasteiger partial charge in [-0.1, -0.05) is 98.3 Å². The van der Waals surface area contributed by atoms with E-state index in [2.05, 4.69) is 27.7 Å². The van der Waals surface area contributed by atoms with E-state index in [0.717, 1.165) is 23.7 Å². The van der Waals surface area contributed by atoms with Crippen LogP contribution in [0.15, 0.2) is 0 Å². The highest BCUT2D eigenvalue weighted by Gasteiger charge is 2.54. The van der Waals surface area contributed by atoms with Crippen molar-refractivity contribution in [2.75, 3.05) is 0 Å². The first-order valence-electron chi connectivity index (χ1n) is 13.9. The van der Waals surface area contributed by atoms with E-state index in [1.165, 1.54) is 96.3 Å². The Balaban J connectivity index is 1.62. The lowest BCUT2D eigenvalue weighted by Gasteiger charge is -2.59. The van der Waals surface area contributed by atoms with Crippen LogP contribution in [0.25, 0.3) is 0 Å². The molecule has 0 saturated heterocycles. The molecule has 0 radical (unpaired) electrons. The molecule has 0 bridgehead atoms. The molecule has 0 N–H and O–H groups in total. The Hall–Kier alpha value is 0. The molecular formula is C29H52. The Labute approximate surface area is 183 Å². The third-order valence-electron chi connectivity index (χ3n) is 11.5. The molecule has 0 heteroatoms. The van der Waals surface area contributed by atoms with Gasteiger partial charge in [-0.05, 0) is 84.9 Å². The summed E-state index contributed by atoms with van der Waals surface area (Å²) in [5.74, 6) is 3.99. The van der Waals surface area contributed by atoms with Gasteiger partial charge in [0.1, 0.15) is 0 Å². The fraction of sp³-hybridized carbons (Fsp3) is 1.00. The predicted octanol–water partition coefficient (Wildman–Crippen LogP) is 9.57. The number of hydrogen-bond donors (Lipinski definition) is 0. The molecule has 0 aromatic carbocycles. The molecular weight excluding hydrogens is 348 g/mol. The van der Waals surface area contributed by atoms with Gasteiger partial charge in [0.15, 0.2) is 0 Å². The summed E-state index contributed by atoms with van der Waals surface area (Å²) in [7, 11) is 0. The zero-order chi connectivity index (χ0) is 20.5. The Kier molecular flexibility index (Phi) is 6.78. The van der Waals surface area contributed by atoms with Gasteiger partial charge in [0, 0.05) is 0 Å². The minimum atomic E-state index is 0.617. The van der Waals surface area contributed by atoms with Gasteiger partial charge in [-0.15, -0.1) is 0 Å². The van der Waals surface area contributed by atoms with Crippen LogP contribution < -0.4 is 0 Å². The summed E-state index contributed by atoms with van der Waals surface area (Å²) in [6, 6.07) is 0. The third kappa shape index (κ3) is 4.35. The molecule has 4 fully saturated rings. The van der Waals surface area contributed by atoms with E-state index in [1.807, 2.05) is 0 Å². The van der Waals surface area contributed by atoms with Crippen LogP contribution in [0.1, 0.15) is 143 Å². The average molecular weight is 401 g/mol. The number of fused-ring (bicyclic) bond motifs is 1. The van der Waals surface area contributed by atoms with E-state index in [-0.39, 0.29) is 0 Å². The van der Waals surface area contributed by atoms with E-state index in [4.69, 9.17) is 0 Å². The lowest BCUT2D eigenvalue weighted by Crippen LogP contribution is -2.51. The Bertz CT molecular complexity index is 518. The average Bonchev–Trinajstić information content (AvgIpc) is 2.73. The highest BCUT2D eigenvalue weighted by atomic mass is 14.6. The van der Waals surface area contributed by atoms with Gasteiger partial charge in [0.2, 0.25) is 0 Å². The van der Waals surface area contributed by atoms with E-state index in [9.17, 15) is 0 Å². The Morgan fingerprint density at radius 2 is 1.17 bits per heavy atom. The van der Waals surface area contributed by atoms with Crippen molar-refractivity contribution in [2.45, 2.75) is 143 Å². The van der Waals surface area contributed by atoms with Crippen LogP contribution in [0.3, 0.4) is 0 Å². The normalized spacial score (nSPS) is 39.3. The molecule has 0 spiro atoms. The molecule has 0 aromatic heterocycles. The van der Waals surface area contributed by atoms with Crippen LogP contribution in [0.5, 0.6) is 0 Å². The van der Waals surface area contributed by atoms with Crippen LogP contribution >= 0.6 is 0 Å². The van der Waals surface area contributed by atoms with Gasteiger partial charge in [-0.25, -0.2) is 0 Å². The molecule has 0 amide bonds. The van der Waals surface area contributed by atoms with Crippen molar-refractivity contribution in [3.63, 3.8) is 0 Å². The SMILES string of the molecule is CC(CC(C1(C)CCCCC1)C1(C)CCCC2CCCCC21)C1(C)CCCCC1. The molecule has 0 aliphatic heterocycles. The third-order valence-corrected chi connectivity index (χ3v) is 11.5. The Morgan fingerprint density at radius 3 is 1.83 bits per heavy atom. The highest BCUT2D eigenvalue weighted by molar-refractivity contribution is 5.03. The molecule has 5 unspecified atom stereocenters. The molecule has 0 aromatic rings. The smallest absolute Gasteiger partial charge is 0.0261 e. The van der Waals surface area contributed by atoms with Gasteiger partial charge in [0.05, 0.1) is 0 Å². The fourth-order valence-corrected chi connectivity index (χ4v) is 9.33. The topological polar surface area (TPSA) is 0 Å². The number of hydrogen-bond acceptors (Lipinski definition) is 0. The van der Waals surface area contributed by atoms with Crippen molar-refractivity contribution in [3.8, 4) is 0 Å². The maximum absolute atomic E-state index is 2.82. The Morgan fingerprint density at radius 1 is 0.621 bits per heavy atom. The van der Waals surface area contributed by atoms with Crippen LogP contribution in [0, 0.1) is 39.9 Å². The van der Waals surface area contributed by atoms with Crippen LogP contribution in [-0.2, 0) is 0 Å². The molecule has 168 valence electrons. The van der Waals surface area contributed by atoms with Crippen LogP contribution in [0.2, 0.25) is 0 Å². The van der Waals surface area contributed by atoms with Crippen molar-refractivity contribution >= 4 is 0 Å². The first kappa shape index (κ1) is 22.2. The van der Waals surface area contributed by atoms with Gasteiger partial charge in [-0.3, -0.25) is 0 Å². The first-order valence-corrected chi connectivity index (χ1v) is 13.9. The minimum Gasteiger partial charge on any atom is -0.0620 e. The number of rotatable bonds is 5.